The molecule has 0 aromatic heterocycles. The summed E-state index contributed by atoms with van der Waals surface area (Å²) in [5, 5.41) is 2.99. The fourth-order valence-corrected chi connectivity index (χ4v) is 4.20. The molecule has 1 N–H and O–H groups in total. The van der Waals surface area contributed by atoms with Crippen molar-refractivity contribution >= 4 is 11.6 Å². The second-order valence-electron chi connectivity index (χ2n) is 8.40. The lowest BCUT2D eigenvalue weighted by Gasteiger charge is -2.35. The van der Waals surface area contributed by atoms with Crippen molar-refractivity contribution in [1.82, 2.24) is 4.90 Å². The van der Waals surface area contributed by atoms with Crippen molar-refractivity contribution in [2.75, 3.05) is 38.2 Å². The van der Waals surface area contributed by atoms with Gasteiger partial charge in [-0.25, -0.2) is 0 Å². The number of benzene rings is 2. The quantitative estimate of drug-likeness (QED) is 0.682. The predicted molar refractivity (Wildman–Crippen MR) is 121 cm³/mol. The van der Waals surface area contributed by atoms with Crippen molar-refractivity contribution in [2.45, 2.75) is 38.6 Å². The van der Waals surface area contributed by atoms with Crippen molar-refractivity contribution in [2.24, 2.45) is 5.92 Å². The van der Waals surface area contributed by atoms with E-state index in [4.69, 9.17) is 14.2 Å². The molecule has 6 heteroatoms. The molecule has 4 rings (SSSR count). The van der Waals surface area contributed by atoms with Crippen LogP contribution in [0.2, 0.25) is 0 Å². The van der Waals surface area contributed by atoms with Crippen LogP contribution in [-0.2, 0) is 4.79 Å². The molecular weight excluding hydrogens is 392 g/mol. The van der Waals surface area contributed by atoms with Crippen LogP contribution in [0.5, 0.6) is 17.2 Å². The highest BCUT2D eigenvalue weighted by Crippen LogP contribution is 2.32. The molecule has 0 unspecified atom stereocenters. The number of nitrogens with one attached hydrogen (secondary N) is 1. The molecule has 2 heterocycles. The minimum atomic E-state index is 0.0590. The van der Waals surface area contributed by atoms with Gasteiger partial charge in [0.25, 0.3) is 0 Å². The summed E-state index contributed by atoms with van der Waals surface area (Å²) in [5.41, 5.74) is 0.760. The summed E-state index contributed by atoms with van der Waals surface area (Å²) in [6.07, 6.45) is 3.74. The molecule has 166 valence electrons. The van der Waals surface area contributed by atoms with Gasteiger partial charge in [0.2, 0.25) is 5.91 Å². The van der Waals surface area contributed by atoms with Gasteiger partial charge >= 0.3 is 0 Å². The number of ether oxygens (including phenoxy) is 3. The normalized spacial score (nSPS) is 17.7. The van der Waals surface area contributed by atoms with E-state index in [-0.39, 0.29) is 5.91 Å². The Morgan fingerprint density at radius 2 is 1.84 bits per heavy atom. The van der Waals surface area contributed by atoms with Gasteiger partial charge in [-0.1, -0.05) is 18.2 Å². The van der Waals surface area contributed by atoms with Crippen LogP contribution in [0.15, 0.2) is 48.5 Å². The van der Waals surface area contributed by atoms with Gasteiger partial charge in [-0.2, -0.15) is 0 Å². The average Bonchev–Trinajstić information content (AvgIpc) is 2.82. The highest BCUT2D eigenvalue weighted by atomic mass is 16.6. The Balaban J connectivity index is 1.15. The smallest absolute Gasteiger partial charge is 0.224 e. The summed E-state index contributed by atoms with van der Waals surface area (Å²) >= 11 is 0. The van der Waals surface area contributed by atoms with E-state index in [0.717, 1.165) is 49.5 Å². The lowest BCUT2D eigenvalue weighted by molar-refractivity contribution is -0.116. The number of para-hydroxylation sites is 1. The summed E-state index contributed by atoms with van der Waals surface area (Å²) in [6.45, 7) is 6.16. The van der Waals surface area contributed by atoms with E-state index in [0.29, 0.717) is 44.0 Å². The maximum absolute atomic E-state index is 12.4. The summed E-state index contributed by atoms with van der Waals surface area (Å²) < 4.78 is 17.0. The van der Waals surface area contributed by atoms with Crippen molar-refractivity contribution in [1.29, 1.82) is 0 Å². The van der Waals surface area contributed by atoms with E-state index < -0.39 is 0 Å². The second-order valence-corrected chi connectivity index (χ2v) is 8.40. The minimum absolute atomic E-state index is 0.0590. The van der Waals surface area contributed by atoms with Crippen LogP contribution in [0, 0.1) is 5.92 Å². The molecule has 31 heavy (non-hydrogen) atoms. The third-order valence-corrected chi connectivity index (χ3v) is 6.11. The molecule has 2 aromatic rings. The molecular formula is C25H32N2O4. The molecule has 1 amide bonds. The zero-order chi connectivity index (χ0) is 21.5. The first kappa shape index (κ1) is 21.5. The predicted octanol–water partition coefficient (Wildman–Crippen LogP) is 4.36. The first-order valence-corrected chi connectivity index (χ1v) is 11.3. The van der Waals surface area contributed by atoms with Crippen molar-refractivity contribution in [3.05, 3.63) is 48.5 Å². The van der Waals surface area contributed by atoms with Gasteiger partial charge in [-0.3, -0.25) is 9.69 Å². The summed E-state index contributed by atoms with van der Waals surface area (Å²) in [7, 11) is 0. The van der Waals surface area contributed by atoms with Crippen molar-refractivity contribution in [3.8, 4) is 17.2 Å². The number of hydrogen-bond donors (Lipinski definition) is 1. The highest BCUT2D eigenvalue weighted by molar-refractivity contribution is 5.91. The number of piperidine rings is 1. The van der Waals surface area contributed by atoms with E-state index in [1.165, 1.54) is 0 Å². The Bertz CT molecular complexity index is 850. The lowest BCUT2D eigenvalue weighted by Crippen LogP contribution is -2.42. The monoisotopic (exact) mass is 424 g/mol. The minimum Gasteiger partial charge on any atom is -0.492 e. The maximum atomic E-state index is 12.4. The average molecular weight is 425 g/mol. The summed E-state index contributed by atoms with van der Waals surface area (Å²) in [5.74, 6) is 3.02. The van der Waals surface area contributed by atoms with Crippen LogP contribution in [0.25, 0.3) is 0 Å². The zero-order valence-corrected chi connectivity index (χ0v) is 18.2. The fourth-order valence-electron chi connectivity index (χ4n) is 4.20. The molecule has 2 aliphatic rings. The standard InChI is InChI=1S/C25H32N2O4/c1-19(18-31-22-5-3-2-4-6-22)27-13-11-20(12-14-27)7-10-25(28)26-21-8-9-23-24(17-21)30-16-15-29-23/h2-6,8-9,17,19-20H,7,10-16,18H2,1H3,(H,26,28)/t19-/m1/s1. The third-order valence-electron chi connectivity index (χ3n) is 6.11. The van der Waals surface area contributed by atoms with Gasteiger partial charge in [0, 0.05) is 24.2 Å². The highest BCUT2D eigenvalue weighted by Gasteiger charge is 2.23. The Kier molecular flexibility index (Phi) is 7.30. The third kappa shape index (κ3) is 6.14. The molecule has 1 atom stereocenters. The fraction of sp³-hybridized carbons (Fsp3) is 0.480. The number of likely N-dealkylation sites (tertiary alicyclic amines) is 1. The van der Waals surface area contributed by atoms with Crippen LogP contribution >= 0.6 is 0 Å². The summed E-state index contributed by atoms with van der Waals surface area (Å²) in [4.78, 5) is 14.9. The van der Waals surface area contributed by atoms with Crippen molar-refractivity contribution < 1.29 is 19.0 Å². The van der Waals surface area contributed by atoms with Gasteiger partial charge < -0.3 is 19.5 Å². The van der Waals surface area contributed by atoms with Crippen LogP contribution in [0.4, 0.5) is 5.69 Å². The van der Waals surface area contributed by atoms with Crippen LogP contribution in [-0.4, -0.2) is 49.8 Å². The summed E-state index contributed by atoms with van der Waals surface area (Å²) in [6, 6.07) is 15.9. The number of anilines is 1. The Hall–Kier alpha value is -2.73. The first-order chi connectivity index (χ1) is 15.2. The van der Waals surface area contributed by atoms with E-state index >= 15 is 0 Å². The number of fused-ring (bicyclic) bond motifs is 1. The topological polar surface area (TPSA) is 60.0 Å². The van der Waals surface area contributed by atoms with Gasteiger partial charge in [0.1, 0.15) is 25.6 Å². The Morgan fingerprint density at radius 3 is 2.61 bits per heavy atom. The van der Waals surface area contributed by atoms with Gasteiger partial charge in [-0.05, 0) is 69.5 Å². The van der Waals surface area contributed by atoms with Gasteiger partial charge in [-0.15, -0.1) is 0 Å². The molecule has 0 radical (unpaired) electrons. The van der Waals surface area contributed by atoms with Crippen LogP contribution in [0.1, 0.15) is 32.6 Å². The van der Waals surface area contributed by atoms with E-state index in [1.54, 1.807) is 0 Å². The number of carbonyl (C=O) groups excluding carboxylic acids is 1. The zero-order valence-electron chi connectivity index (χ0n) is 18.2. The number of amides is 1. The first-order valence-electron chi connectivity index (χ1n) is 11.3. The number of hydrogen-bond acceptors (Lipinski definition) is 5. The van der Waals surface area contributed by atoms with Crippen LogP contribution in [0.3, 0.4) is 0 Å². The molecule has 1 fully saturated rings. The number of carbonyl (C=O) groups is 1. The molecule has 0 bridgehead atoms. The molecule has 2 aromatic carbocycles. The Morgan fingerprint density at radius 1 is 1.10 bits per heavy atom. The van der Waals surface area contributed by atoms with Crippen LogP contribution < -0.4 is 19.5 Å². The Labute approximate surface area is 184 Å². The second kappa shape index (κ2) is 10.5. The van der Waals surface area contributed by atoms with E-state index in [1.807, 2.05) is 48.5 Å². The maximum Gasteiger partial charge on any atom is 0.224 e. The lowest BCUT2D eigenvalue weighted by atomic mass is 9.91. The molecule has 0 aliphatic carbocycles. The van der Waals surface area contributed by atoms with Gasteiger partial charge in [0.15, 0.2) is 11.5 Å². The molecule has 0 spiro atoms. The van der Waals surface area contributed by atoms with Gasteiger partial charge in [0.05, 0.1) is 0 Å². The van der Waals surface area contributed by atoms with E-state index in [2.05, 4.69) is 17.1 Å². The molecule has 6 nitrogen and oxygen atoms in total. The van der Waals surface area contributed by atoms with Crippen molar-refractivity contribution in [3.63, 3.8) is 0 Å². The molecule has 0 saturated carbocycles. The van der Waals surface area contributed by atoms with E-state index in [9.17, 15) is 4.79 Å². The number of rotatable bonds is 8. The molecule has 2 aliphatic heterocycles. The largest absolute Gasteiger partial charge is 0.492 e. The molecule has 1 saturated heterocycles. The number of nitrogens with zero attached hydrogens (tertiary/aromatic N) is 1. The SMILES string of the molecule is C[C@H](COc1ccccc1)N1CCC(CCC(=O)Nc2ccc3c(c2)OCCO3)CC1.